The molecule has 152 valence electrons. The van der Waals surface area contributed by atoms with Gasteiger partial charge in [0.05, 0.1) is 17.1 Å². The molecular formula is C21H27NO6. The van der Waals surface area contributed by atoms with E-state index in [9.17, 15) is 14.9 Å². The van der Waals surface area contributed by atoms with Crippen LogP contribution >= 0.6 is 0 Å². The fraction of sp³-hybridized carbons (Fsp3) is 0.381. The number of rotatable bonds is 10. The van der Waals surface area contributed by atoms with Crippen molar-refractivity contribution in [2.75, 3.05) is 6.61 Å². The van der Waals surface area contributed by atoms with Crippen LogP contribution in [0.4, 0.5) is 5.69 Å². The van der Waals surface area contributed by atoms with Gasteiger partial charge in [-0.1, -0.05) is 39.0 Å². The Balaban J connectivity index is 0.000000292. The highest BCUT2D eigenvalue weighted by Gasteiger charge is 2.06. The van der Waals surface area contributed by atoms with Crippen molar-refractivity contribution in [1.82, 2.24) is 0 Å². The predicted octanol–water partition coefficient (Wildman–Crippen LogP) is 5.42. The van der Waals surface area contributed by atoms with Crippen LogP contribution in [0.1, 0.15) is 55.8 Å². The molecule has 0 aliphatic rings. The minimum Gasteiger partial charge on any atom is -0.508 e. The number of carboxylic acids is 1. The van der Waals surface area contributed by atoms with Crippen molar-refractivity contribution < 1.29 is 24.7 Å². The summed E-state index contributed by atoms with van der Waals surface area (Å²) >= 11 is 0. The Morgan fingerprint density at radius 1 is 0.964 bits per heavy atom. The van der Waals surface area contributed by atoms with E-state index in [-0.39, 0.29) is 17.0 Å². The molecule has 7 nitrogen and oxygen atoms in total. The molecule has 0 amide bonds. The molecule has 0 saturated carbocycles. The SMILES string of the molecule is CCCCCCCCOc1ccc(O)cc1.O=C(O)c1ccc([N+](=O)[O-])cc1. The average Bonchev–Trinajstić information content (AvgIpc) is 2.69. The topological polar surface area (TPSA) is 110 Å². The van der Waals surface area contributed by atoms with Gasteiger partial charge in [0, 0.05) is 12.1 Å². The Hall–Kier alpha value is -3.09. The van der Waals surface area contributed by atoms with Gasteiger partial charge in [0.25, 0.3) is 5.69 Å². The monoisotopic (exact) mass is 389 g/mol. The second kappa shape index (κ2) is 13.1. The summed E-state index contributed by atoms with van der Waals surface area (Å²) in [6, 6.07) is 11.6. The highest BCUT2D eigenvalue weighted by molar-refractivity contribution is 5.87. The Kier molecular flexibility index (Phi) is 10.8. The Morgan fingerprint density at radius 2 is 1.54 bits per heavy atom. The van der Waals surface area contributed by atoms with E-state index in [2.05, 4.69) is 6.92 Å². The molecule has 0 aliphatic carbocycles. The number of hydrogen-bond acceptors (Lipinski definition) is 5. The molecule has 0 aromatic heterocycles. The summed E-state index contributed by atoms with van der Waals surface area (Å²) in [5, 5.41) is 27.7. The van der Waals surface area contributed by atoms with E-state index in [0.29, 0.717) is 0 Å². The zero-order valence-electron chi connectivity index (χ0n) is 16.0. The molecule has 2 aromatic carbocycles. The number of phenols is 1. The maximum absolute atomic E-state index is 10.3. The molecule has 2 rings (SSSR count). The zero-order chi connectivity index (χ0) is 20.8. The third-order valence-electron chi connectivity index (χ3n) is 3.93. The van der Waals surface area contributed by atoms with E-state index < -0.39 is 10.9 Å². The first-order valence-corrected chi connectivity index (χ1v) is 9.33. The van der Waals surface area contributed by atoms with Gasteiger partial charge in [-0.3, -0.25) is 10.1 Å². The lowest BCUT2D eigenvalue weighted by Crippen LogP contribution is -1.96. The van der Waals surface area contributed by atoms with Crippen molar-refractivity contribution >= 4 is 11.7 Å². The summed E-state index contributed by atoms with van der Waals surface area (Å²) in [6.07, 6.45) is 7.66. The van der Waals surface area contributed by atoms with Crippen molar-refractivity contribution in [3.05, 3.63) is 64.2 Å². The molecule has 0 heterocycles. The van der Waals surface area contributed by atoms with Gasteiger partial charge in [-0.05, 0) is 42.8 Å². The normalized spacial score (nSPS) is 9.89. The molecule has 2 N–H and O–H groups in total. The molecule has 0 bridgehead atoms. The first-order chi connectivity index (χ1) is 13.4. The van der Waals surface area contributed by atoms with E-state index in [0.717, 1.165) is 30.9 Å². The number of aromatic hydroxyl groups is 1. The standard InChI is InChI=1S/C14H22O2.C7H5NO4/c1-2-3-4-5-6-7-12-16-14-10-8-13(15)9-11-14;9-7(10)5-1-3-6(4-2-5)8(11)12/h8-11,15H,2-7,12H2,1H3;1-4H,(H,9,10). The van der Waals surface area contributed by atoms with E-state index in [4.69, 9.17) is 14.9 Å². The van der Waals surface area contributed by atoms with Gasteiger partial charge in [-0.25, -0.2) is 4.79 Å². The van der Waals surface area contributed by atoms with Crippen LogP contribution in [0.2, 0.25) is 0 Å². The minimum atomic E-state index is -1.09. The van der Waals surface area contributed by atoms with Crippen molar-refractivity contribution in [2.45, 2.75) is 45.4 Å². The smallest absolute Gasteiger partial charge is 0.335 e. The lowest BCUT2D eigenvalue weighted by atomic mass is 10.1. The number of aromatic carboxylic acids is 1. The van der Waals surface area contributed by atoms with Gasteiger partial charge in [0.1, 0.15) is 11.5 Å². The van der Waals surface area contributed by atoms with Gasteiger partial charge in [0.15, 0.2) is 0 Å². The van der Waals surface area contributed by atoms with E-state index in [1.165, 1.54) is 44.2 Å². The molecule has 0 unspecified atom stereocenters. The van der Waals surface area contributed by atoms with Crippen LogP contribution in [-0.2, 0) is 0 Å². The molecule has 2 aromatic rings. The third kappa shape index (κ3) is 9.56. The first-order valence-electron chi connectivity index (χ1n) is 9.33. The number of carboxylic acid groups (broad SMARTS) is 1. The van der Waals surface area contributed by atoms with E-state index >= 15 is 0 Å². The maximum Gasteiger partial charge on any atom is 0.335 e. The molecular weight excluding hydrogens is 362 g/mol. The van der Waals surface area contributed by atoms with Crippen LogP contribution < -0.4 is 4.74 Å². The maximum atomic E-state index is 10.3. The summed E-state index contributed by atoms with van der Waals surface area (Å²) in [4.78, 5) is 19.9. The summed E-state index contributed by atoms with van der Waals surface area (Å²) in [5.74, 6) is 0.0307. The molecule has 0 radical (unpaired) electrons. The average molecular weight is 389 g/mol. The van der Waals surface area contributed by atoms with Gasteiger partial charge in [-0.2, -0.15) is 0 Å². The Morgan fingerprint density at radius 3 is 2.07 bits per heavy atom. The molecule has 0 saturated heterocycles. The van der Waals surface area contributed by atoms with E-state index in [1.807, 2.05) is 0 Å². The Bertz CT molecular complexity index is 680. The molecule has 7 heteroatoms. The number of phenolic OH excluding ortho intramolecular Hbond substituents is 1. The number of ether oxygens (including phenoxy) is 1. The summed E-state index contributed by atoms with van der Waals surface area (Å²) in [6.45, 7) is 3.00. The van der Waals surface area contributed by atoms with Crippen LogP contribution in [0.15, 0.2) is 48.5 Å². The van der Waals surface area contributed by atoms with Crippen LogP contribution in [0.5, 0.6) is 11.5 Å². The number of hydrogen-bond donors (Lipinski definition) is 2. The number of nitro groups is 1. The van der Waals surface area contributed by atoms with Crippen LogP contribution in [-0.4, -0.2) is 27.7 Å². The number of carbonyl (C=O) groups is 1. The van der Waals surface area contributed by atoms with E-state index in [1.54, 1.807) is 24.3 Å². The number of nitro benzene ring substituents is 1. The van der Waals surface area contributed by atoms with Gasteiger partial charge in [-0.15, -0.1) is 0 Å². The van der Waals surface area contributed by atoms with Gasteiger partial charge >= 0.3 is 5.97 Å². The third-order valence-corrected chi connectivity index (χ3v) is 3.93. The van der Waals surface area contributed by atoms with Crippen molar-refractivity contribution in [3.63, 3.8) is 0 Å². The first kappa shape index (κ1) is 23.0. The Labute approximate surface area is 164 Å². The molecule has 28 heavy (non-hydrogen) atoms. The lowest BCUT2D eigenvalue weighted by molar-refractivity contribution is -0.384. The van der Waals surface area contributed by atoms with Crippen LogP contribution in [0.25, 0.3) is 0 Å². The second-order valence-electron chi connectivity index (χ2n) is 6.22. The van der Waals surface area contributed by atoms with Crippen molar-refractivity contribution in [2.24, 2.45) is 0 Å². The highest BCUT2D eigenvalue weighted by Crippen LogP contribution is 2.16. The second-order valence-corrected chi connectivity index (χ2v) is 6.22. The fourth-order valence-electron chi connectivity index (χ4n) is 2.34. The lowest BCUT2D eigenvalue weighted by Gasteiger charge is -2.05. The number of non-ortho nitro benzene ring substituents is 1. The predicted molar refractivity (Wildman–Crippen MR) is 107 cm³/mol. The zero-order valence-corrected chi connectivity index (χ0v) is 16.0. The number of benzene rings is 2. The van der Waals surface area contributed by atoms with Crippen LogP contribution in [0, 0.1) is 10.1 Å². The van der Waals surface area contributed by atoms with Crippen molar-refractivity contribution in [3.8, 4) is 11.5 Å². The fourth-order valence-corrected chi connectivity index (χ4v) is 2.34. The molecule has 0 fully saturated rings. The number of unbranched alkanes of at least 4 members (excludes halogenated alkanes) is 5. The number of nitrogens with zero attached hydrogens (tertiary/aromatic N) is 1. The quantitative estimate of drug-likeness (QED) is 0.319. The minimum absolute atomic E-state index is 0.0422. The van der Waals surface area contributed by atoms with Crippen molar-refractivity contribution in [1.29, 1.82) is 0 Å². The summed E-state index contributed by atoms with van der Waals surface area (Å²) in [7, 11) is 0. The summed E-state index contributed by atoms with van der Waals surface area (Å²) in [5.41, 5.74) is -0.0689. The molecule has 0 atom stereocenters. The molecule has 0 aliphatic heterocycles. The summed E-state index contributed by atoms with van der Waals surface area (Å²) < 4.78 is 5.56. The van der Waals surface area contributed by atoms with Gasteiger partial charge < -0.3 is 14.9 Å². The molecule has 0 spiro atoms. The highest BCUT2D eigenvalue weighted by atomic mass is 16.6. The van der Waals surface area contributed by atoms with Crippen LogP contribution in [0.3, 0.4) is 0 Å². The largest absolute Gasteiger partial charge is 0.508 e. The van der Waals surface area contributed by atoms with Gasteiger partial charge in [0.2, 0.25) is 0 Å².